The molecule has 0 spiro atoms. The topological polar surface area (TPSA) is 71.7 Å². The number of nitrogens with zero attached hydrogens (tertiary/aromatic N) is 2. The molecule has 0 aromatic carbocycles. The van der Waals surface area contributed by atoms with Crippen molar-refractivity contribution in [3.05, 3.63) is 0 Å². The largest absolute Gasteiger partial charge is 0.356 e. The van der Waals surface area contributed by atoms with E-state index in [-0.39, 0.29) is 6.42 Å². The molecule has 1 unspecified atom stereocenters. The van der Waals surface area contributed by atoms with Crippen LogP contribution in [0.25, 0.3) is 0 Å². The fourth-order valence-electron chi connectivity index (χ4n) is 0.804. The molecule has 13 heavy (non-hydrogen) atoms. The first-order valence-electron chi connectivity index (χ1n) is 3.67. The number of aliphatic imine (C=N–C) groups is 1. The van der Waals surface area contributed by atoms with Crippen LogP contribution in [-0.4, -0.2) is 32.1 Å². The molecule has 0 saturated heterocycles. The Morgan fingerprint density at radius 2 is 2.08 bits per heavy atom. The van der Waals surface area contributed by atoms with Crippen molar-refractivity contribution in [3.63, 3.8) is 0 Å². The predicted octanol–water partition coefficient (Wildman–Crippen LogP) is 0.613. The normalized spacial score (nSPS) is 14.4. The molecule has 0 fully saturated rings. The van der Waals surface area contributed by atoms with Crippen molar-refractivity contribution in [2.75, 3.05) is 14.2 Å². The summed E-state index contributed by atoms with van der Waals surface area (Å²) in [5.41, 5.74) is -1.13. The first-order valence-corrected chi connectivity index (χ1v) is 3.67. The third-order valence-electron chi connectivity index (χ3n) is 1.62. The summed E-state index contributed by atoms with van der Waals surface area (Å²) in [6.07, 6.45) is 1.01. The summed E-state index contributed by atoms with van der Waals surface area (Å²) in [5.74, 6) is 0. The maximum Gasteiger partial charge on any atom is 0.236 e. The standard InChI is InChI=1S/C8H12N2O3/c1-8(5-9,10-6-11)4-7(12-2)13-3/h7H,4H2,1-3H3. The Morgan fingerprint density at radius 3 is 2.38 bits per heavy atom. The van der Waals surface area contributed by atoms with E-state index in [1.165, 1.54) is 27.2 Å². The van der Waals surface area contributed by atoms with Crippen molar-refractivity contribution in [2.45, 2.75) is 25.2 Å². The van der Waals surface area contributed by atoms with E-state index >= 15 is 0 Å². The molecule has 0 aromatic rings. The number of hydrogen-bond acceptors (Lipinski definition) is 5. The minimum absolute atomic E-state index is 0.200. The minimum atomic E-state index is -1.13. The molecular formula is C8H12N2O3. The van der Waals surface area contributed by atoms with Crippen LogP contribution in [0, 0.1) is 11.3 Å². The molecule has 5 nitrogen and oxygen atoms in total. The van der Waals surface area contributed by atoms with Crippen LogP contribution in [-0.2, 0) is 14.3 Å². The Balaban J connectivity index is 4.44. The highest BCUT2D eigenvalue weighted by Gasteiger charge is 2.27. The monoisotopic (exact) mass is 184 g/mol. The Labute approximate surface area is 77.0 Å². The van der Waals surface area contributed by atoms with Gasteiger partial charge in [0.25, 0.3) is 0 Å². The highest BCUT2D eigenvalue weighted by Crippen LogP contribution is 2.17. The summed E-state index contributed by atoms with van der Waals surface area (Å²) >= 11 is 0. The number of hydrogen-bond donors (Lipinski definition) is 0. The summed E-state index contributed by atoms with van der Waals surface area (Å²) in [5, 5.41) is 8.72. The summed E-state index contributed by atoms with van der Waals surface area (Å²) in [6.45, 7) is 1.52. The van der Waals surface area contributed by atoms with Crippen LogP contribution in [0.1, 0.15) is 13.3 Å². The molecule has 72 valence electrons. The molecule has 0 amide bonds. The van der Waals surface area contributed by atoms with Gasteiger partial charge in [0.1, 0.15) is 0 Å². The number of rotatable bonds is 5. The van der Waals surface area contributed by atoms with E-state index in [9.17, 15) is 4.79 Å². The molecule has 0 aliphatic carbocycles. The Hall–Kier alpha value is -1.21. The van der Waals surface area contributed by atoms with E-state index in [0.29, 0.717) is 0 Å². The van der Waals surface area contributed by atoms with Gasteiger partial charge in [0.05, 0.1) is 6.07 Å². The molecule has 0 heterocycles. The first-order chi connectivity index (χ1) is 6.11. The van der Waals surface area contributed by atoms with Crippen LogP contribution in [0.5, 0.6) is 0 Å². The Bertz CT molecular complexity index is 238. The van der Waals surface area contributed by atoms with Gasteiger partial charge in [0.15, 0.2) is 11.8 Å². The molecule has 5 heteroatoms. The van der Waals surface area contributed by atoms with E-state index in [0.717, 1.165) is 0 Å². The van der Waals surface area contributed by atoms with Gasteiger partial charge in [-0.3, -0.25) is 0 Å². The number of isocyanates is 1. The van der Waals surface area contributed by atoms with Crippen molar-refractivity contribution < 1.29 is 14.3 Å². The van der Waals surface area contributed by atoms with Gasteiger partial charge in [-0.2, -0.15) is 10.3 Å². The maximum atomic E-state index is 10.0. The van der Waals surface area contributed by atoms with Gasteiger partial charge in [-0.15, -0.1) is 0 Å². The molecule has 0 rings (SSSR count). The van der Waals surface area contributed by atoms with Gasteiger partial charge >= 0.3 is 0 Å². The average molecular weight is 184 g/mol. The molecular weight excluding hydrogens is 172 g/mol. The minimum Gasteiger partial charge on any atom is -0.356 e. The third kappa shape index (κ3) is 3.81. The quantitative estimate of drug-likeness (QED) is 0.356. The summed E-state index contributed by atoms with van der Waals surface area (Å²) < 4.78 is 9.76. The lowest BCUT2D eigenvalue weighted by molar-refractivity contribution is -0.111. The SMILES string of the molecule is COC(CC(C)(C#N)N=C=O)OC. The predicted molar refractivity (Wildman–Crippen MR) is 44.6 cm³/mol. The van der Waals surface area contributed by atoms with Crippen molar-refractivity contribution in [1.82, 2.24) is 0 Å². The number of nitriles is 1. The molecule has 0 aliphatic heterocycles. The molecule has 0 radical (unpaired) electrons. The summed E-state index contributed by atoms with van der Waals surface area (Å²) in [6, 6.07) is 1.89. The van der Waals surface area contributed by atoms with Crippen LogP contribution in [0.4, 0.5) is 0 Å². The van der Waals surface area contributed by atoms with E-state index in [4.69, 9.17) is 14.7 Å². The Kier molecular flexibility index (Phi) is 4.93. The lowest BCUT2D eigenvalue weighted by Crippen LogP contribution is -2.28. The lowest BCUT2D eigenvalue weighted by Gasteiger charge is -2.20. The zero-order valence-corrected chi connectivity index (χ0v) is 7.90. The molecule has 0 saturated carbocycles. The molecule has 0 bridgehead atoms. The fourth-order valence-corrected chi connectivity index (χ4v) is 0.804. The number of methoxy groups -OCH3 is 2. The van der Waals surface area contributed by atoms with E-state index in [2.05, 4.69) is 4.99 Å². The zero-order valence-electron chi connectivity index (χ0n) is 7.90. The van der Waals surface area contributed by atoms with Crippen LogP contribution in [0.2, 0.25) is 0 Å². The fraction of sp³-hybridized carbons (Fsp3) is 0.750. The van der Waals surface area contributed by atoms with E-state index in [1.54, 1.807) is 0 Å². The van der Waals surface area contributed by atoms with Gasteiger partial charge < -0.3 is 9.47 Å². The zero-order chi connectivity index (χ0) is 10.3. The van der Waals surface area contributed by atoms with Crippen molar-refractivity contribution >= 4 is 6.08 Å². The van der Waals surface area contributed by atoms with Gasteiger partial charge in [-0.25, -0.2) is 4.79 Å². The van der Waals surface area contributed by atoms with Crippen molar-refractivity contribution in [2.24, 2.45) is 4.99 Å². The van der Waals surface area contributed by atoms with Crippen LogP contribution < -0.4 is 0 Å². The first kappa shape index (κ1) is 11.8. The number of carbonyl (C=O) groups excluding carboxylic acids is 1. The maximum absolute atomic E-state index is 10.0. The smallest absolute Gasteiger partial charge is 0.236 e. The highest BCUT2D eigenvalue weighted by atomic mass is 16.7. The van der Waals surface area contributed by atoms with Gasteiger partial charge in [0.2, 0.25) is 6.08 Å². The van der Waals surface area contributed by atoms with Crippen LogP contribution >= 0.6 is 0 Å². The van der Waals surface area contributed by atoms with Gasteiger partial charge in [-0.05, 0) is 6.92 Å². The molecule has 0 N–H and O–H groups in total. The average Bonchev–Trinajstić information content (AvgIpc) is 2.15. The number of ether oxygens (including phenoxy) is 2. The van der Waals surface area contributed by atoms with Crippen LogP contribution in [0.3, 0.4) is 0 Å². The lowest BCUT2D eigenvalue weighted by atomic mass is 10.0. The van der Waals surface area contributed by atoms with Gasteiger partial charge in [0, 0.05) is 20.6 Å². The van der Waals surface area contributed by atoms with Crippen molar-refractivity contribution in [1.29, 1.82) is 5.26 Å². The molecule has 0 aliphatic rings. The molecule has 0 aromatic heterocycles. The molecule has 1 atom stereocenters. The van der Waals surface area contributed by atoms with Gasteiger partial charge in [-0.1, -0.05) is 0 Å². The van der Waals surface area contributed by atoms with E-state index in [1.807, 2.05) is 6.07 Å². The third-order valence-corrected chi connectivity index (χ3v) is 1.62. The van der Waals surface area contributed by atoms with E-state index < -0.39 is 11.8 Å². The highest BCUT2D eigenvalue weighted by molar-refractivity contribution is 5.36. The summed E-state index contributed by atoms with van der Waals surface area (Å²) in [4.78, 5) is 13.4. The second-order valence-corrected chi connectivity index (χ2v) is 2.69. The van der Waals surface area contributed by atoms with Crippen molar-refractivity contribution in [3.8, 4) is 6.07 Å². The summed E-state index contributed by atoms with van der Waals surface area (Å²) in [7, 11) is 2.91. The van der Waals surface area contributed by atoms with Crippen LogP contribution in [0.15, 0.2) is 4.99 Å². The Morgan fingerprint density at radius 1 is 1.54 bits per heavy atom. The second-order valence-electron chi connectivity index (χ2n) is 2.69. The second kappa shape index (κ2) is 5.44.